The van der Waals surface area contributed by atoms with Crippen LogP contribution >= 0.6 is 12.6 Å². The molecule has 29 valence electrons. The Bertz CT molecular complexity index is 33.9. The Balaban J connectivity index is 2.83. The van der Waals surface area contributed by atoms with Crippen LogP contribution < -0.4 is 0 Å². The highest BCUT2D eigenvalue weighted by molar-refractivity contribution is 7.81. The Hall–Kier alpha value is 0.0200. The Morgan fingerprint density at radius 3 is 2.20 bits per heavy atom. The highest BCUT2D eigenvalue weighted by Gasteiger charge is 1.83. The molecule has 1 radical (unpaired) electrons. The minimum absolute atomic E-state index is 0.227. The van der Waals surface area contributed by atoms with Crippen LogP contribution in [0.3, 0.4) is 0 Å². The van der Waals surface area contributed by atoms with Crippen LogP contribution in [0.1, 0.15) is 6.92 Å². The zero-order valence-corrected chi connectivity index (χ0v) is 3.83. The van der Waals surface area contributed by atoms with Gasteiger partial charge in [-0.2, -0.15) is 12.6 Å². The molecule has 0 aromatic heterocycles. The molecule has 2 heteroatoms. The summed E-state index contributed by atoms with van der Waals surface area (Å²) in [5.41, 5.74) is 0. The monoisotopic (exact) mass is 89.0 g/mol. The molecule has 0 rings (SSSR count). The van der Waals surface area contributed by atoms with E-state index in [-0.39, 0.29) is 5.25 Å². The molecule has 0 saturated heterocycles. The van der Waals surface area contributed by atoms with Crippen LogP contribution in [0.25, 0.3) is 0 Å². The predicted octanol–water partition coefficient (Wildman–Crippen LogP) is 0.414. The molecule has 0 fully saturated rings. The van der Waals surface area contributed by atoms with Crippen LogP contribution in [-0.4, -0.2) is 11.5 Å². The SMILES string of the molecule is C[C@H](S)[C]=O. The van der Waals surface area contributed by atoms with Crippen molar-refractivity contribution < 1.29 is 4.79 Å². The zero-order valence-electron chi connectivity index (χ0n) is 2.93. The topological polar surface area (TPSA) is 17.1 Å². The summed E-state index contributed by atoms with van der Waals surface area (Å²) in [6, 6.07) is 0. The largest absolute Gasteiger partial charge is 0.290 e. The molecule has 0 aliphatic heterocycles. The second-order valence-electron chi connectivity index (χ2n) is 0.794. The summed E-state index contributed by atoms with van der Waals surface area (Å²) in [6.45, 7) is 1.66. The van der Waals surface area contributed by atoms with Crippen molar-refractivity contribution in [3.05, 3.63) is 0 Å². The van der Waals surface area contributed by atoms with Crippen molar-refractivity contribution in [3.63, 3.8) is 0 Å². The summed E-state index contributed by atoms with van der Waals surface area (Å²) in [5.74, 6) is 0. The Morgan fingerprint density at radius 1 is 2.00 bits per heavy atom. The molecule has 1 atom stereocenters. The second kappa shape index (κ2) is 2.27. The number of hydrogen-bond acceptors (Lipinski definition) is 2. The highest BCUT2D eigenvalue weighted by Crippen LogP contribution is 1.81. The van der Waals surface area contributed by atoms with Gasteiger partial charge in [-0.05, 0) is 6.92 Å². The average molecular weight is 89.1 g/mol. The molecule has 0 N–H and O–H groups in total. The van der Waals surface area contributed by atoms with Gasteiger partial charge in [-0.25, -0.2) is 0 Å². The van der Waals surface area contributed by atoms with E-state index in [0.29, 0.717) is 0 Å². The van der Waals surface area contributed by atoms with E-state index in [0.717, 1.165) is 0 Å². The van der Waals surface area contributed by atoms with E-state index in [9.17, 15) is 4.79 Å². The van der Waals surface area contributed by atoms with Crippen molar-refractivity contribution in [2.45, 2.75) is 12.2 Å². The van der Waals surface area contributed by atoms with Gasteiger partial charge < -0.3 is 0 Å². The van der Waals surface area contributed by atoms with E-state index in [4.69, 9.17) is 0 Å². The normalized spacial score (nSPS) is 14.0. The van der Waals surface area contributed by atoms with Gasteiger partial charge in [-0.1, -0.05) is 0 Å². The molecule has 0 amide bonds. The third-order valence-corrected chi connectivity index (χ3v) is 0.276. The van der Waals surface area contributed by atoms with Crippen LogP contribution in [0.2, 0.25) is 0 Å². The van der Waals surface area contributed by atoms with E-state index in [1.54, 1.807) is 13.2 Å². The summed E-state index contributed by atoms with van der Waals surface area (Å²) in [6.07, 6.45) is 1.64. The van der Waals surface area contributed by atoms with Crippen molar-refractivity contribution in [1.29, 1.82) is 0 Å². The zero-order chi connectivity index (χ0) is 4.28. The minimum Gasteiger partial charge on any atom is -0.290 e. The van der Waals surface area contributed by atoms with Crippen molar-refractivity contribution in [3.8, 4) is 0 Å². The van der Waals surface area contributed by atoms with E-state index >= 15 is 0 Å². The van der Waals surface area contributed by atoms with Gasteiger partial charge in [0.2, 0.25) is 6.29 Å². The third-order valence-electron chi connectivity index (χ3n) is 0.171. The summed E-state index contributed by atoms with van der Waals surface area (Å²) in [5, 5.41) is -0.227. The van der Waals surface area contributed by atoms with Gasteiger partial charge >= 0.3 is 0 Å². The molecule has 0 bridgehead atoms. The van der Waals surface area contributed by atoms with Crippen LogP contribution in [0.4, 0.5) is 0 Å². The first kappa shape index (κ1) is 5.02. The molecule has 0 aromatic carbocycles. The molecule has 1 nitrogen and oxygen atoms in total. The van der Waals surface area contributed by atoms with Crippen LogP contribution in [0, 0.1) is 0 Å². The molecular weight excluding hydrogens is 84.1 g/mol. The molecule has 0 spiro atoms. The maximum Gasteiger partial charge on any atom is 0.211 e. The van der Waals surface area contributed by atoms with Crippen molar-refractivity contribution in [1.82, 2.24) is 0 Å². The standard InChI is InChI=1S/C3H5OS/c1-3(5)2-4/h3,5H,1H3/t3-/m0/s1. The molecule has 5 heavy (non-hydrogen) atoms. The van der Waals surface area contributed by atoms with Gasteiger partial charge in [0.15, 0.2) is 0 Å². The molecule has 0 aliphatic carbocycles. The number of thiol groups is 1. The van der Waals surface area contributed by atoms with Gasteiger partial charge in [-0.3, -0.25) is 4.79 Å². The van der Waals surface area contributed by atoms with E-state index < -0.39 is 0 Å². The lowest BCUT2D eigenvalue weighted by molar-refractivity contribution is 0.555. The van der Waals surface area contributed by atoms with E-state index in [1.165, 1.54) is 0 Å². The van der Waals surface area contributed by atoms with Gasteiger partial charge in [0.25, 0.3) is 0 Å². The molecule has 0 heterocycles. The molecule has 0 aliphatic rings. The first-order chi connectivity index (χ1) is 2.27. The molecular formula is C3H5OS. The van der Waals surface area contributed by atoms with Gasteiger partial charge in [0.05, 0.1) is 5.25 Å². The fourth-order valence-corrected chi connectivity index (χ4v) is 0. The molecule has 0 unspecified atom stereocenters. The Morgan fingerprint density at radius 2 is 2.20 bits per heavy atom. The van der Waals surface area contributed by atoms with Crippen LogP contribution in [0.15, 0.2) is 0 Å². The second-order valence-corrected chi connectivity index (χ2v) is 1.57. The van der Waals surface area contributed by atoms with Crippen LogP contribution in [0.5, 0.6) is 0 Å². The molecule has 0 aromatic rings. The lowest BCUT2D eigenvalue weighted by atomic mass is 10.6. The smallest absolute Gasteiger partial charge is 0.211 e. The van der Waals surface area contributed by atoms with Crippen LogP contribution in [-0.2, 0) is 4.79 Å². The fraction of sp³-hybridized carbons (Fsp3) is 0.667. The maximum absolute atomic E-state index is 9.30. The third kappa shape index (κ3) is 4.02. The van der Waals surface area contributed by atoms with E-state index in [1.807, 2.05) is 0 Å². The van der Waals surface area contributed by atoms with E-state index in [2.05, 4.69) is 12.6 Å². The fourth-order valence-electron chi connectivity index (χ4n) is 0. The first-order valence-corrected chi connectivity index (χ1v) is 1.84. The number of hydrogen-bond donors (Lipinski definition) is 1. The summed E-state index contributed by atoms with van der Waals surface area (Å²) < 4.78 is 0. The first-order valence-electron chi connectivity index (χ1n) is 1.33. The summed E-state index contributed by atoms with van der Waals surface area (Å²) >= 11 is 3.67. The Labute approximate surface area is 36.8 Å². The molecule has 0 saturated carbocycles. The van der Waals surface area contributed by atoms with Gasteiger partial charge in [0.1, 0.15) is 0 Å². The van der Waals surface area contributed by atoms with Gasteiger partial charge in [0, 0.05) is 0 Å². The quantitative estimate of drug-likeness (QED) is 0.460. The van der Waals surface area contributed by atoms with Crippen molar-refractivity contribution in [2.24, 2.45) is 0 Å². The predicted molar refractivity (Wildman–Crippen MR) is 24.1 cm³/mol. The number of carbonyl (C=O) groups excluding carboxylic acids is 1. The van der Waals surface area contributed by atoms with Crippen molar-refractivity contribution >= 4 is 18.9 Å². The van der Waals surface area contributed by atoms with Gasteiger partial charge in [-0.15, -0.1) is 0 Å². The van der Waals surface area contributed by atoms with Crippen molar-refractivity contribution in [2.75, 3.05) is 0 Å². The highest BCUT2D eigenvalue weighted by atomic mass is 32.1. The lowest BCUT2D eigenvalue weighted by Crippen LogP contribution is -1.87. The maximum atomic E-state index is 9.30. The lowest BCUT2D eigenvalue weighted by Gasteiger charge is -1.76. The average Bonchev–Trinajstić information content (AvgIpc) is 1.38. The Kier molecular flexibility index (Phi) is 2.28. The summed E-state index contributed by atoms with van der Waals surface area (Å²) in [7, 11) is 0. The number of rotatable bonds is 1. The minimum atomic E-state index is -0.227. The summed E-state index contributed by atoms with van der Waals surface area (Å²) in [4.78, 5) is 9.30.